The summed E-state index contributed by atoms with van der Waals surface area (Å²) in [5, 5.41) is 6.06. The molecule has 0 aliphatic carbocycles. The van der Waals surface area contributed by atoms with Crippen LogP contribution in [0.4, 0.5) is 11.5 Å². The van der Waals surface area contributed by atoms with Crippen molar-refractivity contribution < 1.29 is 18.0 Å². The van der Waals surface area contributed by atoms with Gasteiger partial charge in [0, 0.05) is 36.4 Å². The predicted octanol–water partition coefficient (Wildman–Crippen LogP) is 4.16. The van der Waals surface area contributed by atoms with Crippen molar-refractivity contribution in [1.82, 2.24) is 9.88 Å². The van der Waals surface area contributed by atoms with Crippen LogP contribution in [0, 0.1) is 0 Å². The molecule has 2 aromatic carbocycles. The highest BCUT2D eigenvalue weighted by molar-refractivity contribution is 7.89. The molecule has 0 spiro atoms. The minimum absolute atomic E-state index is 0.134. The monoisotopic (exact) mass is 533 g/mol. The fourth-order valence-electron chi connectivity index (χ4n) is 2.96. The standard InChI is InChI=1S/C23H21Cl2N5O4S/c1-30(2)21(29-35(3,33)34)14-4-6-15(7-5-14)22(31)27-19-10-8-16(24)12-18(19)23(32)28-20-11-9-17(25)13-26-20/h4-13H,1-3H3,(H,27,31)(H,26,28,32)/b29-21-. The third-order valence-corrected chi connectivity index (χ3v) is 5.49. The van der Waals surface area contributed by atoms with E-state index in [-0.39, 0.29) is 28.5 Å². The molecule has 0 unspecified atom stereocenters. The molecule has 1 aromatic heterocycles. The second-order valence-corrected chi connectivity index (χ2v) is 10.1. The van der Waals surface area contributed by atoms with Gasteiger partial charge in [-0.2, -0.15) is 0 Å². The van der Waals surface area contributed by atoms with Crippen LogP contribution in [0.5, 0.6) is 0 Å². The van der Waals surface area contributed by atoms with Gasteiger partial charge in [-0.3, -0.25) is 9.59 Å². The Morgan fingerprint density at radius 3 is 2.09 bits per heavy atom. The lowest BCUT2D eigenvalue weighted by Gasteiger charge is -2.16. The number of carbonyl (C=O) groups excluding carboxylic acids is 2. The maximum atomic E-state index is 12.9. The quantitative estimate of drug-likeness (QED) is 0.362. The summed E-state index contributed by atoms with van der Waals surface area (Å²) in [7, 11) is -0.290. The van der Waals surface area contributed by atoms with Gasteiger partial charge in [0.2, 0.25) is 0 Å². The van der Waals surface area contributed by atoms with Crippen LogP contribution >= 0.6 is 23.2 Å². The third-order valence-electron chi connectivity index (χ3n) is 4.52. The number of halogens is 2. The number of benzene rings is 2. The van der Waals surface area contributed by atoms with Crippen molar-refractivity contribution in [1.29, 1.82) is 0 Å². The van der Waals surface area contributed by atoms with Crippen molar-refractivity contribution in [2.24, 2.45) is 4.40 Å². The Labute approximate surface area is 212 Å². The highest BCUT2D eigenvalue weighted by atomic mass is 35.5. The Morgan fingerprint density at radius 1 is 0.886 bits per heavy atom. The van der Waals surface area contributed by atoms with Crippen LogP contribution in [0.15, 0.2) is 65.2 Å². The summed E-state index contributed by atoms with van der Waals surface area (Å²) in [4.78, 5) is 31.3. The van der Waals surface area contributed by atoms with Gasteiger partial charge < -0.3 is 15.5 Å². The molecular formula is C23H21Cl2N5O4S. The van der Waals surface area contributed by atoms with Gasteiger partial charge in [-0.05, 0) is 42.5 Å². The van der Waals surface area contributed by atoms with E-state index in [4.69, 9.17) is 23.2 Å². The topological polar surface area (TPSA) is 121 Å². The lowest BCUT2D eigenvalue weighted by atomic mass is 10.1. The molecule has 0 bridgehead atoms. The number of amides is 2. The highest BCUT2D eigenvalue weighted by Crippen LogP contribution is 2.23. The highest BCUT2D eigenvalue weighted by Gasteiger charge is 2.17. The van der Waals surface area contributed by atoms with E-state index in [1.54, 1.807) is 49.3 Å². The van der Waals surface area contributed by atoms with Gasteiger partial charge in [-0.25, -0.2) is 13.4 Å². The summed E-state index contributed by atoms with van der Waals surface area (Å²) in [6, 6.07) is 13.8. The molecule has 182 valence electrons. The van der Waals surface area contributed by atoms with Crippen LogP contribution in [0.1, 0.15) is 26.3 Å². The van der Waals surface area contributed by atoms with Gasteiger partial charge in [0.15, 0.2) is 0 Å². The molecule has 0 aliphatic rings. The van der Waals surface area contributed by atoms with Crippen LogP contribution in [-0.4, -0.2) is 56.3 Å². The smallest absolute Gasteiger partial charge is 0.258 e. The molecule has 0 fully saturated rings. The van der Waals surface area contributed by atoms with E-state index in [0.29, 0.717) is 15.6 Å². The van der Waals surface area contributed by atoms with Crippen molar-refractivity contribution >= 4 is 62.4 Å². The van der Waals surface area contributed by atoms with Gasteiger partial charge in [0.05, 0.1) is 22.5 Å². The minimum atomic E-state index is -3.62. The number of sulfonamides is 1. The first-order chi connectivity index (χ1) is 16.4. The van der Waals surface area contributed by atoms with E-state index < -0.39 is 21.8 Å². The van der Waals surface area contributed by atoms with E-state index in [9.17, 15) is 18.0 Å². The van der Waals surface area contributed by atoms with E-state index in [1.807, 2.05) is 0 Å². The van der Waals surface area contributed by atoms with Crippen LogP contribution in [-0.2, 0) is 10.0 Å². The van der Waals surface area contributed by atoms with Crippen molar-refractivity contribution in [3.8, 4) is 0 Å². The summed E-state index contributed by atoms with van der Waals surface area (Å²) < 4.78 is 27.0. The van der Waals surface area contributed by atoms with Gasteiger partial charge in [0.25, 0.3) is 21.8 Å². The Morgan fingerprint density at radius 2 is 1.51 bits per heavy atom. The van der Waals surface area contributed by atoms with Gasteiger partial charge in [-0.15, -0.1) is 4.40 Å². The Balaban J connectivity index is 1.83. The number of anilines is 2. The van der Waals surface area contributed by atoms with Crippen LogP contribution in [0.2, 0.25) is 10.0 Å². The fraction of sp³-hybridized carbons (Fsp3) is 0.130. The van der Waals surface area contributed by atoms with E-state index in [1.165, 1.54) is 30.5 Å². The average Bonchev–Trinajstić information content (AvgIpc) is 2.79. The number of carbonyl (C=O) groups is 2. The molecule has 3 aromatic rings. The predicted molar refractivity (Wildman–Crippen MR) is 138 cm³/mol. The number of aromatic nitrogens is 1. The molecular weight excluding hydrogens is 513 g/mol. The molecule has 0 aliphatic heterocycles. The molecule has 2 N–H and O–H groups in total. The summed E-state index contributed by atoms with van der Waals surface area (Å²) in [6.45, 7) is 0. The average molecular weight is 534 g/mol. The van der Waals surface area contributed by atoms with E-state index >= 15 is 0 Å². The zero-order chi connectivity index (χ0) is 25.8. The molecule has 9 nitrogen and oxygen atoms in total. The van der Waals surface area contributed by atoms with Crippen LogP contribution in [0.25, 0.3) is 0 Å². The maximum Gasteiger partial charge on any atom is 0.258 e. The van der Waals surface area contributed by atoms with Crippen molar-refractivity contribution in [2.45, 2.75) is 0 Å². The molecule has 12 heteroatoms. The van der Waals surface area contributed by atoms with Gasteiger partial charge >= 0.3 is 0 Å². The van der Waals surface area contributed by atoms with Crippen LogP contribution < -0.4 is 10.6 Å². The maximum absolute atomic E-state index is 12.9. The zero-order valence-corrected chi connectivity index (χ0v) is 21.2. The number of nitrogens with zero attached hydrogens (tertiary/aromatic N) is 3. The number of nitrogens with one attached hydrogen (secondary N) is 2. The number of rotatable bonds is 6. The molecule has 2 amide bonds. The Hall–Kier alpha value is -3.47. The molecule has 0 radical (unpaired) electrons. The Bertz CT molecular complexity index is 1390. The van der Waals surface area contributed by atoms with Gasteiger partial charge in [-0.1, -0.05) is 35.3 Å². The normalized spacial score (nSPS) is 11.6. The van der Waals surface area contributed by atoms with E-state index in [2.05, 4.69) is 20.0 Å². The first kappa shape index (κ1) is 26.1. The molecule has 3 rings (SSSR count). The largest absolute Gasteiger partial charge is 0.362 e. The minimum Gasteiger partial charge on any atom is -0.362 e. The summed E-state index contributed by atoms with van der Waals surface area (Å²) in [5.74, 6) is -0.504. The molecule has 0 saturated heterocycles. The first-order valence-corrected chi connectivity index (χ1v) is 12.6. The molecule has 0 saturated carbocycles. The number of hydrogen-bond acceptors (Lipinski definition) is 5. The molecule has 1 heterocycles. The SMILES string of the molecule is CN(C)/C(=N\S(C)(=O)=O)c1ccc(C(=O)Nc2ccc(Cl)cc2C(=O)Nc2ccc(Cl)cn2)cc1. The first-order valence-electron chi connectivity index (χ1n) is 10.0. The van der Waals surface area contributed by atoms with Gasteiger partial charge in [0.1, 0.15) is 11.7 Å². The van der Waals surface area contributed by atoms with Crippen LogP contribution in [0.3, 0.4) is 0 Å². The summed E-state index contributed by atoms with van der Waals surface area (Å²) in [6.07, 6.45) is 2.39. The third kappa shape index (κ3) is 7.25. The lowest BCUT2D eigenvalue weighted by Crippen LogP contribution is -2.24. The zero-order valence-electron chi connectivity index (χ0n) is 18.9. The number of pyridine rings is 1. The fourth-order valence-corrected chi connectivity index (χ4v) is 3.83. The number of amidine groups is 1. The van der Waals surface area contributed by atoms with Crippen molar-refractivity contribution in [3.63, 3.8) is 0 Å². The summed E-state index contributed by atoms with van der Waals surface area (Å²) in [5.41, 5.74) is 1.17. The van der Waals surface area contributed by atoms with E-state index in [0.717, 1.165) is 6.26 Å². The molecule has 0 atom stereocenters. The second-order valence-electron chi connectivity index (χ2n) is 7.58. The van der Waals surface area contributed by atoms with Crippen molar-refractivity contribution in [2.75, 3.05) is 31.0 Å². The summed E-state index contributed by atoms with van der Waals surface area (Å²) >= 11 is 11.9. The van der Waals surface area contributed by atoms with Crippen molar-refractivity contribution in [3.05, 3.63) is 87.5 Å². The molecule has 35 heavy (non-hydrogen) atoms. The lowest BCUT2D eigenvalue weighted by molar-refractivity contribution is 0.102. The second kappa shape index (κ2) is 10.9. The Kier molecular flexibility index (Phi) is 8.11. The number of hydrogen-bond donors (Lipinski definition) is 2.